The van der Waals surface area contributed by atoms with Crippen LogP contribution in [-0.2, 0) is 0 Å². The molecule has 0 aliphatic carbocycles. The van der Waals surface area contributed by atoms with Crippen LogP contribution in [0.3, 0.4) is 0 Å². The molecule has 1 heterocycles. The number of rotatable bonds is 3. The Bertz CT molecular complexity index is 651. The molecule has 19 heavy (non-hydrogen) atoms. The van der Waals surface area contributed by atoms with E-state index in [0.29, 0.717) is 27.6 Å². The van der Waals surface area contributed by atoms with E-state index in [1.165, 1.54) is 19.2 Å². The number of nitrogens with zero attached hydrogens (tertiary/aromatic N) is 1. The number of aromatic nitrogens is 2. The number of phenols is 1. The van der Waals surface area contributed by atoms with Gasteiger partial charge in [-0.05, 0) is 19.1 Å². The second kappa shape index (κ2) is 4.81. The zero-order valence-corrected chi connectivity index (χ0v) is 10.9. The number of carboxylic acid groups (broad SMARTS) is 1. The van der Waals surface area contributed by atoms with Crippen molar-refractivity contribution in [2.45, 2.75) is 6.92 Å². The van der Waals surface area contributed by atoms with E-state index in [0.717, 1.165) is 0 Å². The third kappa shape index (κ3) is 2.22. The molecule has 0 saturated heterocycles. The van der Waals surface area contributed by atoms with Gasteiger partial charge in [-0.2, -0.15) is 5.10 Å². The Labute approximate surface area is 113 Å². The Morgan fingerprint density at radius 1 is 1.47 bits per heavy atom. The highest BCUT2D eigenvalue weighted by molar-refractivity contribution is 6.32. The first-order valence-corrected chi connectivity index (χ1v) is 5.68. The molecule has 0 aliphatic heterocycles. The second-order valence-electron chi connectivity index (χ2n) is 3.88. The van der Waals surface area contributed by atoms with Crippen molar-refractivity contribution in [2.24, 2.45) is 0 Å². The van der Waals surface area contributed by atoms with Crippen LogP contribution in [0.25, 0.3) is 11.3 Å². The molecule has 0 bridgehead atoms. The van der Waals surface area contributed by atoms with Gasteiger partial charge in [0.05, 0.1) is 17.8 Å². The SMILES string of the molecule is COc1c(Cl)cc(-c2cc(C(=O)O)[nH]n2)c(O)c1C. The Morgan fingerprint density at radius 3 is 2.68 bits per heavy atom. The van der Waals surface area contributed by atoms with Crippen LogP contribution in [0.4, 0.5) is 0 Å². The van der Waals surface area contributed by atoms with Crippen LogP contribution in [0.15, 0.2) is 12.1 Å². The lowest BCUT2D eigenvalue weighted by atomic mass is 10.1. The number of H-pyrrole nitrogens is 1. The van der Waals surface area contributed by atoms with Crippen molar-refractivity contribution >= 4 is 17.6 Å². The van der Waals surface area contributed by atoms with E-state index >= 15 is 0 Å². The quantitative estimate of drug-likeness (QED) is 0.803. The fourth-order valence-electron chi connectivity index (χ4n) is 1.76. The lowest BCUT2D eigenvalue weighted by Crippen LogP contribution is -1.95. The highest BCUT2D eigenvalue weighted by atomic mass is 35.5. The van der Waals surface area contributed by atoms with Crippen LogP contribution in [0.5, 0.6) is 11.5 Å². The molecule has 1 aromatic heterocycles. The number of nitrogens with one attached hydrogen (secondary N) is 1. The number of ether oxygens (including phenoxy) is 1. The Balaban J connectivity index is 2.59. The summed E-state index contributed by atoms with van der Waals surface area (Å²) in [5.41, 5.74) is 1.03. The molecule has 0 aliphatic rings. The molecule has 0 spiro atoms. The maximum Gasteiger partial charge on any atom is 0.353 e. The van der Waals surface area contributed by atoms with Gasteiger partial charge >= 0.3 is 5.97 Å². The van der Waals surface area contributed by atoms with E-state index in [-0.39, 0.29) is 11.4 Å². The number of hydrogen-bond donors (Lipinski definition) is 3. The average Bonchev–Trinajstić information content (AvgIpc) is 2.84. The number of benzene rings is 1. The molecule has 0 radical (unpaired) electrons. The summed E-state index contributed by atoms with van der Waals surface area (Å²) in [6.07, 6.45) is 0. The maximum absolute atomic E-state index is 10.8. The number of carbonyl (C=O) groups is 1. The zero-order valence-electron chi connectivity index (χ0n) is 10.2. The van der Waals surface area contributed by atoms with Crippen molar-refractivity contribution in [3.63, 3.8) is 0 Å². The van der Waals surface area contributed by atoms with Gasteiger partial charge in [-0.15, -0.1) is 0 Å². The molecule has 0 atom stereocenters. The minimum Gasteiger partial charge on any atom is -0.507 e. The lowest BCUT2D eigenvalue weighted by Gasteiger charge is -2.11. The number of carboxylic acids is 1. The Kier molecular flexibility index (Phi) is 3.35. The summed E-state index contributed by atoms with van der Waals surface area (Å²) in [6.45, 7) is 1.65. The van der Waals surface area contributed by atoms with Gasteiger partial charge in [0.15, 0.2) is 0 Å². The van der Waals surface area contributed by atoms with E-state index in [2.05, 4.69) is 10.2 Å². The summed E-state index contributed by atoms with van der Waals surface area (Å²) in [4.78, 5) is 10.8. The van der Waals surface area contributed by atoms with E-state index in [1.807, 2.05) is 0 Å². The topological polar surface area (TPSA) is 95.4 Å². The predicted octanol–water partition coefficient (Wildman–Crippen LogP) is 2.45. The van der Waals surface area contributed by atoms with Crippen LogP contribution in [0, 0.1) is 6.92 Å². The molecule has 0 unspecified atom stereocenters. The number of aromatic carboxylic acids is 1. The van der Waals surface area contributed by atoms with Crippen LogP contribution in [0.2, 0.25) is 5.02 Å². The summed E-state index contributed by atoms with van der Waals surface area (Å²) in [7, 11) is 1.45. The molecule has 0 amide bonds. The van der Waals surface area contributed by atoms with Gasteiger partial charge in [0.2, 0.25) is 0 Å². The van der Waals surface area contributed by atoms with Crippen molar-refractivity contribution in [2.75, 3.05) is 7.11 Å². The third-order valence-corrected chi connectivity index (χ3v) is 3.01. The van der Waals surface area contributed by atoms with Crippen molar-refractivity contribution < 1.29 is 19.7 Å². The minimum atomic E-state index is -1.13. The van der Waals surface area contributed by atoms with Gasteiger partial charge in [-0.3, -0.25) is 5.10 Å². The first kappa shape index (κ1) is 13.2. The summed E-state index contributed by atoms with van der Waals surface area (Å²) in [5.74, 6) is -0.809. The molecule has 0 fully saturated rings. The van der Waals surface area contributed by atoms with E-state index in [4.69, 9.17) is 21.4 Å². The number of aromatic hydroxyl groups is 1. The molecule has 3 N–H and O–H groups in total. The van der Waals surface area contributed by atoms with Crippen molar-refractivity contribution in [3.05, 3.63) is 28.4 Å². The number of phenolic OH excluding ortho intramolecular Hbond substituents is 1. The summed E-state index contributed by atoms with van der Waals surface area (Å²) in [6, 6.07) is 2.80. The van der Waals surface area contributed by atoms with Gasteiger partial charge in [0.1, 0.15) is 17.2 Å². The standard InChI is InChI=1S/C12H11ClN2O4/c1-5-10(16)6(3-7(13)11(5)19-2)8-4-9(12(17)18)15-14-8/h3-4,16H,1-2H3,(H,14,15)(H,17,18). The molecular formula is C12H11ClN2O4. The van der Waals surface area contributed by atoms with Crippen molar-refractivity contribution in [3.8, 4) is 22.8 Å². The van der Waals surface area contributed by atoms with E-state index in [9.17, 15) is 9.90 Å². The Hall–Kier alpha value is -2.21. The fraction of sp³-hybridized carbons (Fsp3) is 0.167. The van der Waals surface area contributed by atoms with Crippen molar-refractivity contribution in [1.82, 2.24) is 10.2 Å². The van der Waals surface area contributed by atoms with Gasteiger partial charge in [0.25, 0.3) is 0 Å². The van der Waals surface area contributed by atoms with Crippen LogP contribution in [0.1, 0.15) is 16.1 Å². The first-order valence-electron chi connectivity index (χ1n) is 5.30. The largest absolute Gasteiger partial charge is 0.507 e. The highest BCUT2D eigenvalue weighted by Crippen LogP contribution is 2.41. The number of aromatic amines is 1. The maximum atomic E-state index is 10.8. The first-order chi connectivity index (χ1) is 8.95. The summed E-state index contributed by atoms with van der Waals surface area (Å²) < 4.78 is 5.08. The smallest absolute Gasteiger partial charge is 0.353 e. The molecule has 1 aromatic carbocycles. The fourth-order valence-corrected chi connectivity index (χ4v) is 2.09. The van der Waals surface area contributed by atoms with E-state index in [1.54, 1.807) is 6.92 Å². The zero-order chi connectivity index (χ0) is 14.2. The monoisotopic (exact) mass is 282 g/mol. The average molecular weight is 283 g/mol. The Morgan fingerprint density at radius 2 is 2.16 bits per heavy atom. The number of halogens is 1. The molecule has 0 saturated carbocycles. The van der Waals surface area contributed by atoms with Gasteiger partial charge < -0.3 is 14.9 Å². The molecule has 7 heteroatoms. The number of methoxy groups -OCH3 is 1. The van der Waals surface area contributed by atoms with Crippen LogP contribution in [-0.4, -0.2) is 33.5 Å². The van der Waals surface area contributed by atoms with Crippen LogP contribution < -0.4 is 4.74 Å². The molecule has 2 aromatic rings. The van der Waals surface area contributed by atoms with Gasteiger partial charge in [-0.1, -0.05) is 11.6 Å². The molecule has 2 rings (SSSR count). The molecule has 6 nitrogen and oxygen atoms in total. The number of hydrogen-bond acceptors (Lipinski definition) is 4. The summed E-state index contributed by atoms with van der Waals surface area (Å²) in [5, 5.41) is 25.4. The van der Waals surface area contributed by atoms with Gasteiger partial charge in [0, 0.05) is 11.1 Å². The predicted molar refractivity (Wildman–Crippen MR) is 68.9 cm³/mol. The summed E-state index contributed by atoms with van der Waals surface area (Å²) >= 11 is 6.04. The van der Waals surface area contributed by atoms with Crippen LogP contribution >= 0.6 is 11.6 Å². The van der Waals surface area contributed by atoms with Crippen molar-refractivity contribution in [1.29, 1.82) is 0 Å². The second-order valence-corrected chi connectivity index (χ2v) is 4.29. The van der Waals surface area contributed by atoms with Gasteiger partial charge in [-0.25, -0.2) is 4.79 Å². The molecule has 100 valence electrons. The molecular weight excluding hydrogens is 272 g/mol. The highest BCUT2D eigenvalue weighted by Gasteiger charge is 2.18. The minimum absolute atomic E-state index is 0.0512. The normalized spacial score (nSPS) is 10.5. The lowest BCUT2D eigenvalue weighted by molar-refractivity contribution is 0.0690. The third-order valence-electron chi connectivity index (χ3n) is 2.73. The van der Waals surface area contributed by atoms with E-state index < -0.39 is 5.97 Å².